The minimum atomic E-state index is -2.46. The standard InChI is InChI=1S/C5H14NO2P/c1-2-3-4-5(6)9(7)8/h5,9H,2-4,6H2,1H3,(H,7,8). The molecular weight excluding hydrogens is 137 g/mol. The molecule has 0 saturated carbocycles. The first kappa shape index (κ1) is 9.15. The topological polar surface area (TPSA) is 63.3 Å². The third-order valence-corrected chi connectivity index (χ3v) is 2.11. The fraction of sp³-hybridized carbons (Fsp3) is 1.00. The number of hydrogen-bond acceptors (Lipinski definition) is 2. The van der Waals surface area contributed by atoms with Gasteiger partial charge < -0.3 is 10.6 Å². The third-order valence-electron chi connectivity index (χ3n) is 1.19. The van der Waals surface area contributed by atoms with Crippen LogP contribution >= 0.6 is 8.03 Å². The molecule has 0 aliphatic carbocycles. The first-order valence-electron chi connectivity index (χ1n) is 3.17. The maximum Gasteiger partial charge on any atom is 0.205 e. The second kappa shape index (κ2) is 4.98. The summed E-state index contributed by atoms with van der Waals surface area (Å²) in [7, 11) is -2.46. The van der Waals surface area contributed by atoms with Crippen molar-refractivity contribution < 1.29 is 9.46 Å². The van der Waals surface area contributed by atoms with E-state index in [1.54, 1.807) is 0 Å². The highest BCUT2D eigenvalue weighted by molar-refractivity contribution is 7.38. The molecule has 0 aliphatic rings. The van der Waals surface area contributed by atoms with Crippen LogP contribution in [0.3, 0.4) is 0 Å². The van der Waals surface area contributed by atoms with Crippen molar-refractivity contribution in [3.63, 3.8) is 0 Å². The highest BCUT2D eigenvalue weighted by Crippen LogP contribution is 2.21. The first-order valence-corrected chi connectivity index (χ1v) is 4.60. The first-order chi connectivity index (χ1) is 4.18. The molecular formula is C5H14NO2P. The predicted octanol–water partition coefficient (Wildman–Crippen LogP) is 0.928. The second-order valence-electron chi connectivity index (χ2n) is 2.09. The molecule has 0 spiro atoms. The smallest absolute Gasteiger partial charge is 0.205 e. The summed E-state index contributed by atoms with van der Waals surface area (Å²) in [6, 6.07) is 0. The van der Waals surface area contributed by atoms with Gasteiger partial charge in [0.1, 0.15) is 0 Å². The molecule has 0 rings (SSSR count). The van der Waals surface area contributed by atoms with E-state index in [2.05, 4.69) is 0 Å². The zero-order valence-electron chi connectivity index (χ0n) is 5.63. The van der Waals surface area contributed by atoms with Crippen molar-refractivity contribution in [2.75, 3.05) is 0 Å². The molecule has 3 N–H and O–H groups in total. The van der Waals surface area contributed by atoms with Crippen LogP contribution in [0, 0.1) is 0 Å². The lowest BCUT2D eigenvalue weighted by atomic mass is 10.2. The average Bonchev–Trinajstić information content (AvgIpc) is 1.82. The maximum absolute atomic E-state index is 10.3. The number of rotatable bonds is 4. The molecule has 0 aliphatic heterocycles. The van der Waals surface area contributed by atoms with Gasteiger partial charge in [0.2, 0.25) is 8.03 Å². The van der Waals surface area contributed by atoms with Gasteiger partial charge in [-0.25, -0.2) is 0 Å². The highest BCUT2D eigenvalue weighted by atomic mass is 31.1. The van der Waals surface area contributed by atoms with E-state index < -0.39 is 13.8 Å². The molecule has 0 aromatic carbocycles. The highest BCUT2D eigenvalue weighted by Gasteiger charge is 2.05. The lowest BCUT2D eigenvalue weighted by Crippen LogP contribution is -2.14. The molecule has 0 aromatic rings. The van der Waals surface area contributed by atoms with Crippen LogP contribution in [0.25, 0.3) is 0 Å². The van der Waals surface area contributed by atoms with Gasteiger partial charge in [0, 0.05) is 0 Å². The molecule has 0 amide bonds. The molecule has 0 aromatic heterocycles. The molecule has 0 radical (unpaired) electrons. The quantitative estimate of drug-likeness (QED) is 0.587. The van der Waals surface area contributed by atoms with Crippen molar-refractivity contribution in [1.82, 2.24) is 0 Å². The zero-order valence-corrected chi connectivity index (χ0v) is 6.63. The van der Waals surface area contributed by atoms with E-state index in [9.17, 15) is 4.57 Å². The summed E-state index contributed by atoms with van der Waals surface area (Å²) >= 11 is 0. The van der Waals surface area contributed by atoms with Crippen LogP contribution in [0.5, 0.6) is 0 Å². The Morgan fingerprint density at radius 3 is 2.67 bits per heavy atom. The Bertz CT molecular complexity index is 97.0. The van der Waals surface area contributed by atoms with Gasteiger partial charge in [0.25, 0.3) is 0 Å². The largest absolute Gasteiger partial charge is 0.345 e. The van der Waals surface area contributed by atoms with Gasteiger partial charge in [0.05, 0.1) is 5.78 Å². The van der Waals surface area contributed by atoms with Gasteiger partial charge in [0.15, 0.2) is 0 Å². The molecule has 3 nitrogen and oxygen atoms in total. The van der Waals surface area contributed by atoms with Crippen molar-refractivity contribution in [3.05, 3.63) is 0 Å². The Kier molecular flexibility index (Phi) is 5.06. The summed E-state index contributed by atoms with van der Waals surface area (Å²) < 4.78 is 10.3. The minimum absolute atomic E-state index is 0.477. The fourth-order valence-corrected chi connectivity index (χ4v) is 0.999. The van der Waals surface area contributed by atoms with E-state index >= 15 is 0 Å². The monoisotopic (exact) mass is 151 g/mol. The number of nitrogens with two attached hydrogens (primary N) is 1. The van der Waals surface area contributed by atoms with Gasteiger partial charge in [-0.1, -0.05) is 19.8 Å². The van der Waals surface area contributed by atoms with Gasteiger partial charge in [-0.05, 0) is 6.42 Å². The average molecular weight is 151 g/mol. The predicted molar refractivity (Wildman–Crippen MR) is 38.7 cm³/mol. The Labute approximate surface area is 56.1 Å². The van der Waals surface area contributed by atoms with Crippen LogP contribution in [0.4, 0.5) is 0 Å². The van der Waals surface area contributed by atoms with E-state index in [1.807, 2.05) is 6.92 Å². The summed E-state index contributed by atoms with van der Waals surface area (Å²) in [5.74, 6) is -0.477. The van der Waals surface area contributed by atoms with Gasteiger partial charge in [-0.3, -0.25) is 4.57 Å². The van der Waals surface area contributed by atoms with Crippen LogP contribution in [0.1, 0.15) is 26.2 Å². The second-order valence-corrected chi connectivity index (χ2v) is 3.51. The number of unbranched alkanes of at least 4 members (excludes halogenated alkanes) is 1. The van der Waals surface area contributed by atoms with E-state index in [0.717, 1.165) is 12.8 Å². The van der Waals surface area contributed by atoms with Crippen molar-refractivity contribution in [2.45, 2.75) is 32.0 Å². The lowest BCUT2D eigenvalue weighted by molar-refractivity contribution is 0.482. The molecule has 2 atom stereocenters. The molecule has 0 fully saturated rings. The Hall–Kier alpha value is 0.150. The maximum atomic E-state index is 10.3. The van der Waals surface area contributed by atoms with Crippen LogP contribution in [-0.2, 0) is 4.57 Å². The minimum Gasteiger partial charge on any atom is -0.345 e. The molecule has 2 unspecified atom stereocenters. The van der Waals surface area contributed by atoms with Crippen molar-refractivity contribution in [1.29, 1.82) is 0 Å². The van der Waals surface area contributed by atoms with Crippen LogP contribution < -0.4 is 5.73 Å². The fourth-order valence-electron chi connectivity index (χ4n) is 0.548. The van der Waals surface area contributed by atoms with Crippen LogP contribution in [0.15, 0.2) is 0 Å². The number of hydrogen-bond donors (Lipinski definition) is 2. The van der Waals surface area contributed by atoms with Crippen LogP contribution in [-0.4, -0.2) is 10.7 Å². The molecule has 0 bridgehead atoms. The van der Waals surface area contributed by atoms with Gasteiger partial charge >= 0.3 is 0 Å². The van der Waals surface area contributed by atoms with E-state index in [-0.39, 0.29) is 0 Å². The normalized spacial score (nSPS) is 17.2. The molecule has 0 saturated heterocycles. The summed E-state index contributed by atoms with van der Waals surface area (Å²) in [4.78, 5) is 8.47. The van der Waals surface area contributed by atoms with Gasteiger partial charge in [-0.15, -0.1) is 0 Å². The Morgan fingerprint density at radius 1 is 1.78 bits per heavy atom. The van der Waals surface area contributed by atoms with Crippen molar-refractivity contribution >= 4 is 8.03 Å². The summed E-state index contributed by atoms with van der Waals surface area (Å²) in [6.07, 6.45) is 2.64. The summed E-state index contributed by atoms with van der Waals surface area (Å²) in [6.45, 7) is 2.03. The summed E-state index contributed by atoms with van der Waals surface area (Å²) in [5.41, 5.74) is 5.29. The van der Waals surface area contributed by atoms with Crippen LogP contribution in [0.2, 0.25) is 0 Å². The van der Waals surface area contributed by atoms with E-state index in [0.29, 0.717) is 6.42 Å². The lowest BCUT2D eigenvalue weighted by Gasteiger charge is -2.04. The molecule has 56 valence electrons. The Morgan fingerprint density at radius 2 is 2.33 bits per heavy atom. The van der Waals surface area contributed by atoms with Gasteiger partial charge in [-0.2, -0.15) is 0 Å². The molecule has 9 heavy (non-hydrogen) atoms. The third kappa shape index (κ3) is 4.64. The molecule has 4 heteroatoms. The summed E-state index contributed by atoms with van der Waals surface area (Å²) in [5, 5.41) is 0. The SMILES string of the molecule is CCCCC(N)[PH](=O)O. The zero-order chi connectivity index (χ0) is 7.28. The van der Waals surface area contributed by atoms with Crippen molar-refractivity contribution in [3.8, 4) is 0 Å². The van der Waals surface area contributed by atoms with Crippen molar-refractivity contribution in [2.24, 2.45) is 5.73 Å². The molecule has 0 heterocycles. The Balaban J connectivity index is 3.27. The van der Waals surface area contributed by atoms with E-state index in [1.165, 1.54) is 0 Å². The van der Waals surface area contributed by atoms with E-state index in [4.69, 9.17) is 10.6 Å².